The Morgan fingerprint density at radius 1 is 0.581 bits per heavy atom. The molecule has 0 saturated carbocycles. The fourth-order valence-electron chi connectivity index (χ4n) is 3.05. The molecule has 0 radical (unpaired) electrons. The Bertz CT molecular complexity index is 725. The van der Waals surface area contributed by atoms with E-state index >= 15 is 0 Å². The van der Waals surface area contributed by atoms with Crippen LogP contribution >= 0.6 is 0 Å². The van der Waals surface area contributed by atoms with Crippen molar-refractivity contribution in [1.82, 2.24) is 16.0 Å². The van der Waals surface area contributed by atoms with Crippen LogP contribution in [0.1, 0.15) is 11.1 Å². The topological polar surface area (TPSA) is 105 Å². The van der Waals surface area contributed by atoms with Gasteiger partial charge in [-0.15, -0.1) is 0 Å². The van der Waals surface area contributed by atoms with E-state index in [1.807, 2.05) is 24.3 Å². The monoisotopic (exact) mass is 523 g/mol. The number of halogens is 2. The molecule has 0 fully saturated rings. The number of benzene rings is 2. The maximum absolute atomic E-state index is 5.39. The van der Waals surface area contributed by atoms with Crippen LogP contribution in [0.2, 0.25) is 0 Å². The molecule has 2 aliphatic rings. The van der Waals surface area contributed by atoms with Gasteiger partial charge in [-0.3, -0.25) is 0 Å². The standard InChI is InChI=1S/C20H25N3O4.2ClH.H2O.Zn/c1-3-17-19(26-13-24-17)9-15(1)11-22-7-5-21-6-8-23-12-16-2-4-18-20(10-16)27-14-25-18;;;;/h1-4,9-10,21-23H,5-8,11-14H2;2*1H;1H2;/q;;;;+2/p-2. The second-order valence-electron chi connectivity index (χ2n) is 6.48. The summed E-state index contributed by atoms with van der Waals surface area (Å²) in [6.07, 6.45) is 0. The molecule has 8 nitrogen and oxygen atoms in total. The summed E-state index contributed by atoms with van der Waals surface area (Å²) in [5, 5.41) is 10.3. The maximum Gasteiger partial charge on any atom is 2.00 e. The van der Waals surface area contributed by atoms with Crippen molar-refractivity contribution in [3.63, 3.8) is 0 Å². The van der Waals surface area contributed by atoms with Crippen molar-refractivity contribution < 1.29 is 68.7 Å². The Morgan fingerprint density at radius 3 is 1.42 bits per heavy atom. The van der Waals surface area contributed by atoms with E-state index in [1.54, 1.807) is 0 Å². The van der Waals surface area contributed by atoms with Crippen LogP contribution in [-0.4, -0.2) is 45.2 Å². The zero-order chi connectivity index (χ0) is 18.3. The van der Waals surface area contributed by atoms with Crippen LogP contribution in [0.15, 0.2) is 36.4 Å². The van der Waals surface area contributed by atoms with Gasteiger partial charge in [0, 0.05) is 39.3 Å². The second-order valence-corrected chi connectivity index (χ2v) is 6.48. The Hall–Kier alpha value is -1.32. The van der Waals surface area contributed by atoms with Crippen LogP contribution < -0.4 is 59.7 Å². The van der Waals surface area contributed by atoms with E-state index in [2.05, 4.69) is 28.1 Å². The van der Waals surface area contributed by atoms with Crippen molar-refractivity contribution in [2.45, 2.75) is 13.1 Å². The number of fused-ring (bicyclic) bond motifs is 2. The van der Waals surface area contributed by atoms with Gasteiger partial charge in [0.2, 0.25) is 13.6 Å². The Kier molecular flexibility index (Phi) is 14.8. The Morgan fingerprint density at radius 2 is 0.968 bits per heavy atom. The molecule has 0 atom stereocenters. The third kappa shape index (κ3) is 8.62. The molecule has 0 spiro atoms. The maximum atomic E-state index is 5.39. The summed E-state index contributed by atoms with van der Waals surface area (Å²) in [5.41, 5.74) is 2.40. The Labute approximate surface area is 207 Å². The fraction of sp³-hybridized carbons (Fsp3) is 0.400. The minimum Gasteiger partial charge on any atom is -1.00 e. The first kappa shape index (κ1) is 29.7. The predicted molar refractivity (Wildman–Crippen MR) is 105 cm³/mol. The summed E-state index contributed by atoms with van der Waals surface area (Å²) >= 11 is 0. The number of hydrogen-bond donors (Lipinski definition) is 3. The van der Waals surface area contributed by atoms with E-state index in [4.69, 9.17) is 18.9 Å². The molecule has 2 aromatic rings. The van der Waals surface area contributed by atoms with Crippen molar-refractivity contribution in [2.24, 2.45) is 0 Å². The van der Waals surface area contributed by atoms with E-state index < -0.39 is 0 Å². The van der Waals surface area contributed by atoms with Gasteiger partial charge in [0.05, 0.1) is 0 Å². The average Bonchev–Trinajstić information content (AvgIpc) is 3.34. The molecule has 0 bridgehead atoms. The van der Waals surface area contributed by atoms with E-state index in [0.717, 1.165) is 62.3 Å². The van der Waals surface area contributed by atoms with Gasteiger partial charge in [0.15, 0.2) is 23.0 Å². The summed E-state index contributed by atoms with van der Waals surface area (Å²) in [6, 6.07) is 12.1. The van der Waals surface area contributed by atoms with Crippen molar-refractivity contribution in [2.75, 3.05) is 39.8 Å². The van der Waals surface area contributed by atoms with E-state index in [9.17, 15) is 0 Å². The molecule has 0 saturated heterocycles. The third-order valence-electron chi connectivity index (χ3n) is 4.49. The zero-order valence-electron chi connectivity index (χ0n) is 17.2. The van der Waals surface area contributed by atoms with Gasteiger partial charge >= 0.3 is 19.5 Å². The van der Waals surface area contributed by atoms with Crippen molar-refractivity contribution in [3.05, 3.63) is 47.5 Å². The van der Waals surface area contributed by atoms with Gasteiger partial charge in [0.25, 0.3) is 0 Å². The van der Waals surface area contributed by atoms with Crippen LogP contribution in [0.3, 0.4) is 0 Å². The van der Waals surface area contributed by atoms with E-state index in [1.165, 1.54) is 11.1 Å². The molecule has 2 aromatic carbocycles. The first-order valence-corrected chi connectivity index (χ1v) is 9.28. The van der Waals surface area contributed by atoms with Crippen molar-refractivity contribution in [3.8, 4) is 23.0 Å². The van der Waals surface area contributed by atoms with E-state index in [0.29, 0.717) is 13.6 Å². The van der Waals surface area contributed by atoms with Crippen LogP contribution in [0, 0.1) is 0 Å². The van der Waals surface area contributed by atoms with E-state index in [-0.39, 0.29) is 49.8 Å². The molecule has 0 amide bonds. The van der Waals surface area contributed by atoms with Crippen molar-refractivity contribution in [1.29, 1.82) is 0 Å². The number of ether oxygens (including phenoxy) is 4. The molecule has 0 aliphatic carbocycles. The minimum atomic E-state index is 0. The molecule has 11 heteroatoms. The molecule has 5 N–H and O–H groups in total. The SMILES string of the molecule is O.[Cl-].[Cl-].[Zn+2].c1cc2c(cc1CNCCNCCNCc1ccc3c(c1)OCO3)OCO2. The molecule has 2 aliphatic heterocycles. The quantitative estimate of drug-likeness (QED) is 0.210. The molecule has 0 aromatic heterocycles. The first-order chi connectivity index (χ1) is 13.4. The molecular formula is C20H27Cl2N3O5Zn. The molecule has 4 rings (SSSR count). The molecular weight excluding hydrogens is 499 g/mol. The fourth-order valence-corrected chi connectivity index (χ4v) is 3.05. The van der Waals surface area contributed by atoms with Crippen LogP contribution in [0.5, 0.6) is 23.0 Å². The summed E-state index contributed by atoms with van der Waals surface area (Å²) in [7, 11) is 0. The second kappa shape index (κ2) is 15.5. The Balaban J connectivity index is 0.00000225. The van der Waals surface area contributed by atoms with Gasteiger partial charge in [-0.2, -0.15) is 0 Å². The molecule has 168 valence electrons. The summed E-state index contributed by atoms with van der Waals surface area (Å²) in [6.45, 7) is 5.96. The smallest absolute Gasteiger partial charge is 1.00 e. The van der Waals surface area contributed by atoms with Crippen LogP contribution in [0.25, 0.3) is 0 Å². The van der Waals surface area contributed by atoms with Gasteiger partial charge in [-0.05, 0) is 35.4 Å². The summed E-state index contributed by atoms with van der Waals surface area (Å²) in [4.78, 5) is 0. The molecule has 31 heavy (non-hydrogen) atoms. The summed E-state index contributed by atoms with van der Waals surface area (Å²) < 4.78 is 21.4. The third-order valence-corrected chi connectivity index (χ3v) is 4.49. The van der Waals surface area contributed by atoms with Gasteiger partial charge < -0.3 is 65.2 Å². The van der Waals surface area contributed by atoms with Crippen LogP contribution in [-0.2, 0) is 32.6 Å². The van der Waals surface area contributed by atoms with Gasteiger partial charge in [0.1, 0.15) is 0 Å². The number of rotatable bonds is 10. The summed E-state index contributed by atoms with van der Waals surface area (Å²) in [5.74, 6) is 3.32. The minimum absolute atomic E-state index is 0. The van der Waals surface area contributed by atoms with Crippen LogP contribution in [0.4, 0.5) is 0 Å². The first-order valence-electron chi connectivity index (χ1n) is 9.28. The molecule has 2 heterocycles. The van der Waals surface area contributed by atoms with Crippen molar-refractivity contribution >= 4 is 0 Å². The predicted octanol–water partition coefficient (Wildman–Crippen LogP) is -5.21. The zero-order valence-corrected chi connectivity index (χ0v) is 21.7. The average molecular weight is 526 g/mol. The van der Waals surface area contributed by atoms with Gasteiger partial charge in [-0.1, -0.05) is 12.1 Å². The normalized spacial score (nSPS) is 12.1. The van der Waals surface area contributed by atoms with Gasteiger partial charge in [-0.25, -0.2) is 0 Å². The molecule has 0 unspecified atom stereocenters. The largest absolute Gasteiger partial charge is 2.00 e. The number of nitrogens with one attached hydrogen (secondary N) is 3. The number of hydrogen-bond acceptors (Lipinski definition) is 7.